The van der Waals surface area contributed by atoms with Gasteiger partial charge in [0.2, 0.25) is 0 Å². The van der Waals surface area contributed by atoms with Crippen molar-refractivity contribution in [1.82, 2.24) is 14.4 Å². The number of ether oxygens (including phenoxy) is 1. The largest absolute Gasteiger partial charge is 0.485 e. The Morgan fingerprint density at radius 1 is 1.12 bits per heavy atom. The molecule has 170 valence electrons. The summed E-state index contributed by atoms with van der Waals surface area (Å²) < 4.78 is 35.2. The van der Waals surface area contributed by atoms with Crippen molar-refractivity contribution >= 4 is 39.7 Å². The molecule has 5 aromatic rings. The molecule has 9 heteroatoms. The van der Waals surface area contributed by atoms with Gasteiger partial charge in [-0.05, 0) is 55.5 Å². The number of carbonyl (C=O) groups is 1. The Labute approximate surface area is 197 Å². The fourth-order valence-electron chi connectivity index (χ4n) is 3.77. The molecule has 3 aromatic heterocycles. The molecule has 0 aliphatic heterocycles. The summed E-state index contributed by atoms with van der Waals surface area (Å²) in [5.74, 6) is -1.49. The van der Waals surface area contributed by atoms with Crippen LogP contribution in [-0.4, -0.2) is 20.3 Å². The number of nitrogens with one attached hydrogen (secondary N) is 1. The lowest BCUT2D eigenvalue weighted by Gasteiger charge is -2.11. The molecule has 1 amide bonds. The number of aromatic nitrogens is 3. The van der Waals surface area contributed by atoms with E-state index in [2.05, 4.69) is 15.3 Å². The number of benzene rings is 2. The van der Waals surface area contributed by atoms with Crippen LogP contribution in [0.1, 0.15) is 21.7 Å². The Bertz CT molecular complexity index is 1550. The average molecular weight is 479 g/mol. The van der Waals surface area contributed by atoms with Crippen LogP contribution in [0.5, 0.6) is 5.75 Å². The molecule has 6 nitrogen and oxygen atoms in total. The summed E-state index contributed by atoms with van der Waals surface area (Å²) >= 11 is 6.05. The highest BCUT2D eigenvalue weighted by atomic mass is 35.5. The number of fused-ring (bicyclic) bond motifs is 2. The number of aryl methyl sites for hydroxylation is 1. The summed E-state index contributed by atoms with van der Waals surface area (Å²) in [6.07, 6.45) is 3.26. The summed E-state index contributed by atoms with van der Waals surface area (Å²) in [5, 5.41) is 4.19. The number of nitrogens with zero attached hydrogens (tertiary/aromatic N) is 3. The zero-order chi connectivity index (χ0) is 23.8. The summed E-state index contributed by atoms with van der Waals surface area (Å²) in [7, 11) is 0. The van der Waals surface area contributed by atoms with Crippen LogP contribution in [0.15, 0.2) is 67.0 Å². The second-order valence-electron chi connectivity index (χ2n) is 7.57. The van der Waals surface area contributed by atoms with Crippen LogP contribution in [-0.2, 0) is 6.61 Å². The van der Waals surface area contributed by atoms with Gasteiger partial charge >= 0.3 is 0 Å². The van der Waals surface area contributed by atoms with Crippen molar-refractivity contribution in [3.8, 4) is 5.75 Å². The van der Waals surface area contributed by atoms with E-state index < -0.39 is 11.6 Å². The van der Waals surface area contributed by atoms with Gasteiger partial charge in [0, 0.05) is 22.8 Å². The van der Waals surface area contributed by atoms with Crippen LogP contribution >= 0.6 is 11.6 Å². The van der Waals surface area contributed by atoms with Crippen LogP contribution in [0.25, 0.3) is 16.6 Å². The first kappa shape index (κ1) is 21.8. The van der Waals surface area contributed by atoms with E-state index in [0.29, 0.717) is 33.3 Å². The molecule has 0 atom stereocenters. The van der Waals surface area contributed by atoms with Crippen LogP contribution in [0.3, 0.4) is 0 Å². The minimum absolute atomic E-state index is 0.185. The van der Waals surface area contributed by atoms with E-state index >= 15 is 0 Å². The van der Waals surface area contributed by atoms with Gasteiger partial charge < -0.3 is 10.1 Å². The maximum Gasteiger partial charge on any atom is 0.274 e. The maximum atomic E-state index is 14.0. The number of halogens is 3. The van der Waals surface area contributed by atoms with Crippen molar-refractivity contribution in [2.24, 2.45) is 0 Å². The first-order valence-corrected chi connectivity index (χ1v) is 10.7. The van der Waals surface area contributed by atoms with Gasteiger partial charge in [-0.15, -0.1) is 0 Å². The molecular weight excluding hydrogens is 462 g/mol. The Hall–Kier alpha value is -4.04. The standard InChI is InChI=1S/C25H17ClF2N4O2/c1-14-23(25(33)31-20-9-10-29-21-12-15(26)7-8-16(20)21)32-11-3-6-22(24(32)30-14)34-13-17-18(27)4-2-5-19(17)28/h2-12H,13H2,1H3,(H,29,31,33). The second kappa shape index (κ2) is 8.72. The first-order chi connectivity index (χ1) is 16.4. The van der Waals surface area contributed by atoms with Gasteiger partial charge in [0.25, 0.3) is 5.91 Å². The Morgan fingerprint density at radius 2 is 1.91 bits per heavy atom. The molecule has 0 unspecified atom stereocenters. The topological polar surface area (TPSA) is 68.5 Å². The third-order valence-corrected chi connectivity index (χ3v) is 5.63. The van der Waals surface area contributed by atoms with Gasteiger partial charge in [-0.3, -0.25) is 14.2 Å². The number of hydrogen-bond acceptors (Lipinski definition) is 4. The predicted molar refractivity (Wildman–Crippen MR) is 125 cm³/mol. The second-order valence-corrected chi connectivity index (χ2v) is 8.01. The zero-order valence-electron chi connectivity index (χ0n) is 17.8. The molecule has 0 saturated carbocycles. The van der Waals surface area contributed by atoms with Gasteiger partial charge in [-0.2, -0.15) is 0 Å². The lowest BCUT2D eigenvalue weighted by atomic mass is 10.2. The monoisotopic (exact) mass is 478 g/mol. The normalized spacial score (nSPS) is 11.2. The third kappa shape index (κ3) is 3.92. The Kier molecular flexibility index (Phi) is 5.59. The van der Waals surface area contributed by atoms with Crippen LogP contribution in [0.2, 0.25) is 5.02 Å². The first-order valence-electron chi connectivity index (χ1n) is 10.3. The van der Waals surface area contributed by atoms with E-state index in [9.17, 15) is 13.6 Å². The van der Waals surface area contributed by atoms with E-state index in [1.54, 1.807) is 60.1 Å². The number of amides is 1. The van der Waals surface area contributed by atoms with E-state index in [1.807, 2.05) is 0 Å². The van der Waals surface area contributed by atoms with E-state index in [-0.39, 0.29) is 23.8 Å². The lowest BCUT2D eigenvalue weighted by molar-refractivity contribution is 0.102. The minimum atomic E-state index is -0.697. The van der Waals surface area contributed by atoms with Crippen LogP contribution < -0.4 is 10.1 Å². The summed E-state index contributed by atoms with van der Waals surface area (Å²) in [6.45, 7) is 1.38. The number of imidazole rings is 1. The fraction of sp³-hybridized carbons (Fsp3) is 0.0800. The molecule has 3 heterocycles. The molecule has 1 N–H and O–H groups in total. The quantitative estimate of drug-likeness (QED) is 0.339. The number of rotatable bonds is 5. The summed E-state index contributed by atoms with van der Waals surface area (Å²) in [6, 6.07) is 13.8. The summed E-state index contributed by atoms with van der Waals surface area (Å²) in [4.78, 5) is 22.0. The van der Waals surface area contributed by atoms with E-state index in [1.165, 1.54) is 18.2 Å². The van der Waals surface area contributed by atoms with Crippen molar-refractivity contribution in [3.05, 3.63) is 101 Å². The number of pyridine rings is 2. The lowest BCUT2D eigenvalue weighted by Crippen LogP contribution is -2.16. The molecule has 0 fully saturated rings. The molecule has 0 spiro atoms. The fourth-order valence-corrected chi connectivity index (χ4v) is 3.94. The molecule has 34 heavy (non-hydrogen) atoms. The summed E-state index contributed by atoms with van der Waals surface area (Å²) in [5.41, 5.74) is 2.16. The van der Waals surface area contributed by atoms with Crippen molar-refractivity contribution in [1.29, 1.82) is 0 Å². The molecule has 0 bridgehead atoms. The van der Waals surface area contributed by atoms with Crippen LogP contribution in [0, 0.1) is 18.6 Å². The van der Waals surface area contributed by atoms with Gasteiger partial charge in [0.1, 0.15) is 23.9 Å². The Morgan fingerprint density at radius 3 is 2.71 bits per heavy atom. The van der Waals surface area contributed by atoms with Crippen LogP contribution in [0.4, 0.5) is 14.5 Å². The molecule has 0 radical (unpaired) electrons. The zero-order valence-corrected chi connectivity index (χ0v) is 18.6. The molecule has 5 rings (SSSR count). The Balaban J connectivity index is 1.47. The SMILES string of the molecule is Cc1nc2c(OCc3c(F)cccc3F)cccn2c1C(=O)Nc1ccnc2cc(Cl)ccc12. The maximum absolute atomic E-state index is 14.0. The minimum Gasteiger partial charge on any atom is -0.485 e. The molecule has 0 aliphatic rings. The molecule has 2 aromatic carbocycles. The number of carbonyl (C=O) groups excluding carboxylic acids is 1. The smallest absolute Gasteiger partial charge is 0.274 e. The molecule has 0 saturated heterocycles. The predicted octanol–water partition coefficient (Wildman–Crippen LogP) is 5.95. The number of hydrogen-bond donors (Lipinski definition) is 1. The average Bonchev–Trinajstić information content (AvgIpc) is 3.15. The van der Waals surface area contributed by atoms with Crippen molar-refractivity contribution < 1.29 is 18.3 Å². The van der Waals surface area contributed by atoms with Gasteiger partial charge in [0.05, 0.1) is 22.5 Å². The van der Waals surface area contributed by atoms with Crippen molar-refractivity contribution in [3.63, 3.8) is 0 Å². The number of anilines is 1. The molecule has 0 aliphatic carbocycles. The van der Waals surface area contributed by atoms with E-state index in [4.69, 9.17) is 16.3 Å². The molecular formula is C25H17ClF2N4O2. The highest BCUT2D eigenvalue weighted by Gasteiger charge is 2.20. The van der Waals surface area contributed by atoms with Crippen molar-refractivity contribution in [2.45, 2.75) is 13.5 Å². The highest BCUT2D eigenvalue weighted by Crippen LogP contribution is 2.27. The van der Waals surface area contributed by atoms with Gasteiger partial charge in [0.15, 0.2) is 11.4 Å². The van der Waals surface area contributed by atoms with E-state index in [0.717, 1.165) is 5.39 Å². The van der Waals surface area contributed by atoms with Gasteiger partial charge in [-0.1, -0.05) is 17.7 Å². The van der Waals surface area contributed by atoms with Gasteiger partial charge in [-0.25, -0.2) is 13.8 Å². The van der Waals surface area contributed by atoms with Crippen molar-refractivity contribution in [2.75, 3.05) is 5.32 Å². The third-order valence-electron chi connectivity index (χ3n) is 5.39. The highest BCUT2D eigenvalue weighted by molar-refractivity contribution is 6.31.